The van der Waals surface area contributed by atoms with Crippen LogP contribution in [0.15, 0.2) is 59.5 Å². The second-order valence-corrected chi connectivity index (χ2v) is 8.17. The maximum Gasteiger partial charge on any atom is 0.297 e. The molecule has 0 aliphatic carbocycles. The van der Waals surface area contributed by atoms with Crippen LogP contribution in [-0.4, -0.2) is 41.4 Å². The molecular weight excluding hydrogens is 445 g/mol. The molecule has 1 fully saturated rings. The molecule has 2 aromatic heterocycles. The molecule has 0 unspecified atom stereocenters. The third-order valence-corrected chi connectivity index (χ3v) is 6.09. The third kappa shape index (κ3) is 4.23. The van der Waals surface area contributed by atoms with Crippen molar-refractivity contribution < 1.29 is 17.6 Å². The molecule has 1 aliphatic heterocycles. The van der Waals surface area contributed by atoms with Crippen molar-refractivity contribution >= 4 is 28.3 Å². The van der Waals surface area contributed by atoms with Crippen LogP contribution in [0.1, 0.15) is 30.5 Å². The maximum absolute atomic E-state index is 14.7. The average molecular weight is 468 g/mol. The molecule has 1 atom stereocenters. The van der Waals surface area contributed by atoms with E-state index in [4.69, 9.17) is 4.42 Å². The molecule has 1 N–H and O–H groups in total. The minimum atomic E-state index is -2.87. The van der Waals surface area contributed by atoms with Crippen molar-refractivity contribution in [3.05, 3.63) is 72.0 Å². The molecule has 5 rings (SSSR count). The number of hydrogen-bond acceptors (Lipinski definition) is 7. The van der Waals surface area contributed by atoms with Gasteiger partial charge in [-0.05, 0) is 25.1 Å². The van der Waals surface area contributed by atoms with Gasteiger partial charge >= 0.3 is 0 Å². The first kappa shape index (κ1) is 22.0. The lowest BCUT2D eigenvalue weighted by molar-refractivity contribution is 0.146. The van der Waals surface area contributed by atoms with E-state index in [1.807, 2.05) is 18.2 Å². The van der Waals surface area contributed by atoms with Gasteiger partial charge in [-0.3, -0.25) is 0 Å². The Balaban J connectivity index is 1.38. The zero-order chi connectivity index (χ0) is 23.7. The number of nitrogens with zero attached hydrogens (tertiary/aromatic N) is 5. The standard InChI is InChI=1S/C24H23F3N6O/c1-15(17-3-2-4-18(22(17)25)23(26)27)30-21-14-29-31-20-6-5-16(13-19(20)21)32-8-10-33(11-9-32)24-28-7-12-34-24/h2-7,12-15,23H,8-11H2,1H3,(H,30,31)/t15-/m1/s1. The highest BCUT2D eigenvalue weighted by Gasteiger charge is 2.22. The molecule has 0 spiro atoms. The van der Waals surface area contributed by atoms with Crippen LogP contribution >= 0.6 is 0 Å². The molecular formula is C24H23F3N6O. The number of fused-ring (bicyclic) bond motifs is 1. The number of rotatable bonds is 6. The second kappa shape index (κ2) is 9.20. The van der Waals surface area contributed by atoms with Crippen LogP contribution in [0.4, 0.5) is 30.6 Å². The highest BCUT2D eigenvalue weighted by molar-refractivity contribution is 5.93. The van der Waals surface area contributed by atoms with E-state index in [0.717, 1.165) is 43.3 Å². The van der Waals surface area contributed by atoms with Crippen LogP contribution in [0.5, 0.6) is 0 Å². The summed E-state index contributed by atoms with van der Waals surface area (Å²) in [6.07, 6.45) is 1.90. The summed E-state index contributed by atoms with van der Waals surface area (Å²) < 4.78 is 46.3. The van der Waals surface area contributed by atoms with Gasteiger partial charge in [0.25, 0.3) is 12.4 Å². The van der Waals surface area contributed by atoms with Gasteiger partial charge in [-0.2, -0.15) is 10.2 Å². The Bertz CT molecular complexity index is 1280. The fourth-order valence-electron chi connectivity index (χ4n) is 4.27. The first-order valence-corrected chi connectivity index (χ1v) is 11.0. The Kier molecular flexibility index (Phi) is 5.95. The van der Waals surface area contributed by atoms with Crippen LogP contribution in [0.2, 0.25) is 0 Å². The fourth-order valence-corrected chi connectivity index (χ4v) is 4.27. The van der Waals surface area contributed by atoms with Crippen molar-refractivity contribution in [1.82, 2.24) is 15.2 Å². The van der Waals surface area contributed by atoms with Crippen molar-refractivity contribution in [3.8, 4) is 0 Å². The molecule has 0 amide bonds. The van der Waals surface area contributed by atoms with Gasteiger partial charge in [0.05, 0.1) is 35.2 Å². The van der Waals surface area contributed by atoms with E-state index < -0.39 is 23.8 Å². The van der Waals surface area contributed by atoms with Crippen molar-refractivity contribution in [2.75, 3.05) is 41.3 Å². The third-order valence-electron chi connectivity index (χ3n) is 6.09. The normalized spacial score (nSPS) is 15.2. The molecule has 0 bridgehead atoms. The predicted octanol–water partition coefficient (Wildman–Crippen LogP) is 5.19. The summed E-state index contributed by atoms with van der Waals surface area (Å²) in [5.41, 5.74) is 1.92. The van der Waals surface area contributed by atoms with Gasteiger partial charge in [-0.1, -0.05) is 18.2 Å². The van der Waals surface area contributed by atoms with Crippen LogP contribution in [0.3, 0.4) is 0 Å². The maximum atomic E-state index is 14.7. The highest BCUT2D eigenvalue weighted by Crippen LogP contribution is 2.32. The summed E-state index contributed by atoms with van der Waals surface area (Å²) in [7, 11) is 0. The summed E-state index contributed by atoms with van der Waals surface area (Å²) in [6, 6.07) is 10.0. The van der Waals surface area contributed by atoms with E-state index in [1.165, 1.54) is 12.1 Å². The Morgan fingerprint density at radius 2 is 1.79 bits per heavy atom. The average Bonchev–Trinajstić information content (AvgIpc) is 3.39. The Hall–Kier alpha value is -3.82. The van der Waals surface area contributed by atoms with Crippen LogP contribution in [0, 0.1) is 5.82 Å². The lowest BCUT2D eigenvalue weighted by atomic mass is 10.0. The number of aromatic nitrogens is 3. The molecule has 3 heterocycles. The van der Waals surface area contributed by atoms with Crippen molar-refractivity contribution in [1.29, 1.82) is 0 Å². The van der Waals surface area contributed by atoms with Crippen LogP contribution in [-0.2, 0) is 0 Å². The van der Waals surface area contributed by atoms with E-state index >= 15 is 0 Å². The van der Waals surface area contributed by atoms with E-state index in [2.05, 4.69) is 30.3 Å². The van der Waals surface area contributed by atoms with Gasteiger partial charge < -0.3 is 19.5 Å². The monoisotopic (exact) mass is 468 g/mol. The van der Waals surface area contributed by atoms with E-state index in [0.29, 0.717) is 17.2 Å². The molecule has 0 saturated carbocycles. The zero-order valence-electron chi connectivity index (χ0n) is 18.5. The summed E-state index contributed by atoms with van der Waals surface area (Å²) in [5.74, 6) is -0.895. The SMILES string of the molecule is C[C@@H](Nc1cnnc2ccc(N3CCN(c4ncco4)CC3)cc12)c1cccc(C(F)F)c1F. The van der Waals surface area contributed by atoms with E-state index in [1.54, 1.807) is 25.6 Å². The minimum Gasteiger partial charge on any atom is -0.432 e. The van der Waals surface area contributed by atoms with Gasteiger partial charge in [-0.25, -0.2) is 18.2 Å². The molecule has 2 aromatic carbocycles. The lowest BCUT2D eigenvalue weighted by Gasteiger charge is -2.35. The number of halogens is 3. The minimum absolute atomic E-state index is 0.168. The Morgan fingerprint density at radius 1 is 1.03 bits per heavy atom. The molecule has 10 heteroatoms. The summed E-state index contributed by atoms with van der Waals surface area (Å²) in [4.78, 5) is 8.57. The number of benzene rings is 2. The van der Waals surface area contributed by atoms with Crippen LogP contribution in [0.25, 0.3) is 10.9 Å². The molecule has 0 radical (unpaired) electrons. The molecule has 176 valence electrons. The van der Waals surface area contributed by atoms with Gasteiger partial charge in [0.15, 0.2) is 0 Å². The van der Waals surface area contributed by atoms with Crippen molar-refractivity contribution in [3.63, 3.8) is 0 Å². The molecule has 1 aliphatic rings. The number of piperazine rings is 1. The van der Waals surface area contributed by atoms with Gasteiger partial charge in [0.1, 0.15) is 12.1 Å². The second-order valence-electron chi connectivity index (χ2n) is 8.17. The summed E-state index contributed by atoms with van der Waals surface area (Å²) in [5, 5.41) is 12.3. The largest absolute Gasteiger partial charge is 0.432 e. The molecule has 4 aromatic rings. The van der Waals surface area contributed by atoms with Gasteiger partial charge in [0, 0.05) is 42.8 Å². The number of hydrogen-bond donors (Lipinski definition) is 1. The number of oxazole rings is 1. The number of alkyl halides is 2. The van der Waals surface area contributed by atoms with E-state index in [9.17, 15) is 13.2 Å². The molecule has 34 heavy (non-hydrogen) atoms. The van der Waals surface area contributed by atoms with Gasteiger partial charge in [0.2, 0.25) is 0 Å². The first-order chi connectivity index (χ1) is 16.5. The van der Waals surface area contributed by atoms with E-state index in [-0.39, 0.29) is 5.56 Å². The molecule has 7 nitrogen and oxygen atoms in total. The number of nitrogens with one attached hydrogen (secondary N) is 1. The quantitative estimate of drug-likeness (QED) is 0.417. The smallest absolute Gasteiger partial charge is 0.297 e. The predicted molar refractivity (Wildman–Crippen MR) is 124 cm³/mol. The van der Waals surface area contributed by atoms with Crippen LogP contribution < -0.4 is 15.1 Å². The fraction of sp³-hybridized carbons (Fsp3) is 0.292. The Morgan fingerprint density at radius 3 is 2.53 bits per heavy atom. The highest BCUT2D eigenvalue weighted by atomic mass is 19.3. The number of anilines is 3. The first-order valence-electron chi connectivity index (χ1n) is 11.0. The van der Waals surface area contributed by atoms with Crippen molar-refractivity contribution in [2.24, 2.45) is 0 Å². The lowest BCUT2D eigenvalue weighted by Crippen LogP contribution is -2.46. The topological polar surface area (TPSA) is 70.3 Å². The molecule has 1 saturated heterocycles. The Labute approximate surface area is 194 Å². The van der Waals surface area contributed by atoms with Crippen molar-refractivity contribution in [2.45, 2.75) is 19.4 Å². The zero-order valence-corrected chi connectivity index (χ0v) is 18.5. The summed E-state index contributed by atoms with van der Waals surface area (Å²) >= 11 is 0. The van der Waals surface area contributed by atoms with Gasteiger partial charge in [-0.15, -0.1) is 0 Å². The summed E-state index contributed by atoms with van der Waals surface area (Å²) in [6.45, 7) is 4.85.